The van der Waals surface area contributed by atoms with Gasteiger partial charge in [0, 0.05) is 26.2 Å². The summed E-state index contributed by atoms with van der Waals surface area (Å²) in [6, 6.07) is 16.0. The van der Waals surface area contributed by atoms with E-state index in [1.54, 1.807) is 35.2 Å². The highest BCUT2D eigenvalue weighted by Gasteiger charge is 2.32. The van der Waals surface area contributed by atoms with Crippen LogP contribution in [0.25, 0.3) is 0 Å². The molecule has 0 unspecified atom stereocenters. The van der Waals surface area contributed by atoms with Crippen molar-refractivity contribution in [2.45, 2.75) is 31.3 Å². The van der Waals surface area contributed by atoms with E-state index >= 15 is 0 Å². The van der Waals surface area contributed by atoms with Crippen LogP contribution in [0.5, 0.6) is 5.75 Å². The van der Waals surface area contributed by atoms with Crippen LogP contribution in [0.15, 0.2) is 59.5 Å². The van der Waals surface area contributed by atoms with Gasteiger partial charge in [0.05, 0.1) is 4.90 Å². The van der Waals surface area contributed by atoms with Crippen molar-refractivity contribution in [1.82, 2.24) is 9.21 Å². The highest BCUT2D eigenvalue weighted by molar-refractivity contribution is 7.89. The number of rotatable bonds is 6. The molecule has 2 aromatic rings. The third-order valence-electron chi connectivity index (χ3n) is 4.85. The van der Waals surface area contributed by atoms with Gasteiger partial charge >= 0.3 is 0 Å². The Morgan fingerprint density at radius 2 is 1.71 bits per heavy atom. The Hall–Kier alpha value is -2.38. The Morgan fingerprint density at radius 1 is 1.04 bits per heavy atom. The van der Waals surface area contributed by atoms with Gasteiger partial charge in [0.15, 0.2) is 6.10 Å². The van der Waals surface area contributed by atoms with Crippen LogP contribution >= 0.6 is 0 Å². The minimum atomic E-state index is -3.53. The molecule has 0 saturated carbocycles. The minimum Gasteiger partial charge on any atom is -0.481 e. The van der Waals surface area contributed by atoms with Crippen molar-refractivity contribution in [1.29, 1.82) is 0 Å². The number of hydrogen-bond acceptors (Lipinski definition) is 4. The summed E-state index contributed by atoms with van der Waals surface area (Å²) in [7, 11) is -3.53. The third-order valence-corrected chi connectivity index (χ3v) is 6.76. The average molecular weight is 403 g/mol. The maximum atomic E-state index is 12.9. The number of carbonyl (C=O) groups excluding carboxylic acids is 1. The topological polar surface area (TPSA) is 66.9 Å². The van der Waals surface area contributed by atoms with Gasteiger partial charge in [-0.15, -0.1) is 0 Å². The van der Waals surface area contributed by atoms with E-state index in [1.807, 2.05) is 38.1 Å². The zero-order chi connectivity index (χ0) is 20.1. The first kappa shape index (κ1) is 20.4. The first-order valence-electron chi connectivity index (χ1n) is 9.49. The maximum absolute atomic E-state index is 12.9. The Labute approximate surface area is 166 Å². The molecule has 1 atom stereocenters. The summed E-state index contributed by atoms with van der Waals surface area (Å²) in [6.07, 6.45) is -0.0194. The number of sulfonamides is 1. The predicted octanol–water partition coefficient (Wildman–Crippen LogP) is 2.69. The van der Waals surface area contributed by atoms with Crippen LogP contribution in [0, 0.1) is 6.92 Å². The summed E-state index contributed by atoms with van der Waals surface area (Å²) < 4.78 is 32.8. The molecule has 0 aliphatic carbocycles. The van der Waals surface area contributed by atoms with Crippen molar-refractivity contribution in [3.8, 4) is 5.75 Å². The van der Waals surface area contributed by atoms with Crippen molar-refractivity contribution in [2.24, 2.45) is 0 Å². The van der Waals surface area contributed by atoms with Gasteiger partial charge in [-0.25, -0.2) is 8.42 Å². The van der Waals surface area contributed by atoms with Gasteiger partial charge in [0.1, 0.15) is 5.75 Å². The monoisotopic (exact) mass is 402 g/mol. The van der Waals surface area contributed by atoms with E-state index in [9.17, 15) is 13.2 Å². The molecule has 0 aromatic heterocycles. The van der Waals surface area contributed by atoms with Crippen LogP contribution in [0.3, 0.4) is 0 Å². The van der Waals surface area contributed by atoms with Gasteiger partial charge in [-0.1, -0.05) is 37.3 Å². The van der Waals surface area contributed by atoms with Gasteiger partial charge in [-0.05, 0) is 43.2 Å². The van der Waals surface area contributed by atoms with Gasteiger partial charge < -0.3 is 9.64 Å². The third kappa shape index (κ3) is 4.54. The number of aryl methyl sites for hydroxylation is 1. The minimum absolute atomic E-state index is 0.0965. The first-order chi connectivity index (χ1) is 13.4. The molecule has 0 N–H and O–H groups in total. The second kappa shape index (κ2) is 8.75. The average Bonchev–Trinajstić information content (AvgIpc) is 2.72. The highest BCUT2D eigenvalue weighted by atomic mass is 32.2. The molecule has 28 heavy (non-hydrogen) atoms. The fourth-order valence-electron chi connectivity index (χ4n) is 3.26. The molecule has 1 aliphatic heterocycles. The van der Waals surface area contributed by atoms with Crippen LogP contribution in [-0.4, -0.2) is 55.8 Å². The Balaban J connectivity index is 1.62. The van der Waals surface area contributed by atoms with E-state index in [2.05, 4.69) is 0 Å². The number of ether oxygens (including phenoxy) is 1. The standard InChI is InChI=1S/C21H26N2O4S/c1-3-20(27-18-9-7-8-17(2)16-18)21(24)22-12-14-23(15-13-22)28(25,26)19-10-5-4-6-11-19/h4-11,16,20H,3,12-15H2,1-2H3/t20-/m1/s1. The molecule has 0 bridgehead atoms. The molecule has 3 rings (SSSR count). The number of piperazine rings is 1. The fraction of sp³-hybridized carbons (Fsp3) is 0.381. The van der Waals surface area contributed by atoms with E-state index < -0.39 is 16.1 Å². The quantitative estimate of drug-likeness (QED) is 0.745. The second-order valence-electron chi connectivity index (χ2n) is 6.87. The number of hydrogen-bond donors (Lipinski definition) is 0. The SMILES string of the molecule is CC[C@@H](Oc1cccc(C)c1)C(=O)N1CCN(S(=O)(=O)c2ccccc2)CC1. The molecule has 150 valence electrons. The van der Waals surface area contributed by atoms with E-state index in [4.69, 9.17) is 4.74 Å². The van der Waals surface area contributed by atoms with Crippen LogP contribution in [0.1, 0.15) is 18.9 Å². The predicted molar refractivity (Wildman–Crippen MR) is 108 cm³/mol. The van der Waals surface area contributed by atoms with E-state index in [0.717, 1.165) is 5.56 Å². The molecule has 1 saturated heterocycles. The van der Waals surface area contributed by atoms with Crippen LogP contribution in [0.2, 0.25) is 0 Å². The molecule has 0 spiro atoms. The molecule has 1 aliphatic rings. The zero-order valence-electron chi connectivity index (χ0n) is 16.2. The van der Waals surface area contributed by atoms with Crippen molar-refractivity contribution >= 4 is 15.9 Å². The second-order valence-corrected chi connectivity index (χ2v) is 8.81. The Bertz CT molecular complexity index is 907. The van der Waals surface area contributed by atoms with Gasteiger partial charge in [-0.2, -0.15) is 4.31 Å². The van der Waals surface area contributed by atoms with Gasteiger partial charge in [0.25, 0.3) is 5.91 Å². The molecule has 2 aromatic carbocycles. The number of carbonyl (C=O) groups is 1. The maximum Gasteiger partial charge on any atom is 0.263 e. The molecule has 6 nitrogen and oxygen atoms in total. The lowest BCUT2D eigenvalue weighted by Crippen LogP contribution is -2.53. The summed E-state index contributed by atoms with van der Waals surface area (Å²) in [4.78, 5) is 14.9. The normalized spacial score (nSPS) is 16.6. The first-order valence-corrected chi connectivity index (χ1v) is 10.9. The number of amides is 1. The fourth-order valence-corrected chi connectivity index (χ4v) is 4.70. The van der Waals surface area contributed by atoms with Crippen molar-refractivity contribution in [3.05, 3.63) is 60.2 Å². The van der Waals surface area contributed by atoms with E-state index in [0.29, 0.717) is 25.3 Å². The molecule has 0 radical (unpaired) electrons. The Kier molecular flexibility index (Phi) is 6.36. The molecular weight excluding hydrogens is 376 g/mol. The molecule has 7 heteroatoms. The lowest BCUT2D eigenvalue weighted by molar-refractivity contribution is -0.140. The highest BCUT2D eigenvalue weighted by Crippen LogP contribution is 2.20. The number of nitrogens with zero attached hydrogens (tertiary/aromatic N) is 2. The van der Waals surface area contributed by atoms with Crippen molar-refractivity contribution in [3.63, 3.8) is 0 Å². The lowest BCUT2D eigenvalue weighted by atomic mass is 10.2. The zero-order valence-corrected chi connectivity index (χ0v) is 17.1. The van der Waals surface area contributed by atoms with E-state index in [-0.39, 0.29) is 23.9 Å². The van der Waals surface area contributed by atoms with Crippen molar-refractivity contribution < 1.29 is 17.9 Å². The smallest absolute Gasteiger partial charge is 0.263 e. The molecule has 1 heterocycles. The summed E-state index contributed by atoms with van der Waals surface area (Å²) in [5.74, 6) is 0.575. The molecular formula is C21H26N2O4S. The van der Waals surface area contributed by atoms with Gasteiger partial charge in [0.2, 0.25) is 10.0 Å². The number of benzene rings is 2. The summed E-state index contributed by atoms with van der Waals surface area (Å²) >= 11 is 0. The van der Waals surface area contributed by atoms with Crippen LogP contribution in [-0.2, 0) is 14.8 Å². The Morgan fingerprint density at radius 3 is 2.32 bits per heavy atom. The lowest BCUT2D eigenvalue weighted by Gasteiger charge is -2.35. The molecule has 1 amide bonds. The van der Waals surface area contributed by atoms with Crippen LogP contribution in [0.4, 0.5) is 0 Å². The van der Waals surface area contributed by atoms with Crippen LogP contribution < -0.4 is 4.74 Å². The van der Waals surface area contributed by atoms with E-state index in [1.165, 1.54) is 4.31 Å². The summed E-state index contributed by atoms with van der Waals surface area (Å²) in [6.45, 7) is 5.17. The summed E-state index contributed by atoms with van der Waals surface area (Å²) in [5.41, 5.74) is 1.07. The summed E-state index contributed by atoms with van der Waals surface area (Å²) in [5, 5.41) is 0. The molecule has 1 fully saturated rings. The van der Waals surface area contributed by atoms with Gasteiger partial charge in [-0.3, -0.25) is 4.79 Å². The largest absolute Gasteiger partial charge is 0.481 e. The van der Waals surface area contributed by atoms with Crippen molar-refractivity contribution in [2.75, 3.05) is 26.2 Å².